The van der Waals surface area contributed by atoms with Crippen molar-refractivity contribution in [2.45, 2.75) is 86.1 Å². The van der Waals surface area contributed by atoms with Gasteiger partial charge < -0.3 is 50.3 Å². The number of carbonyl (C=O) groups excluding carboxylic acids is 2. The number of rotatable bonds is 23. The molecule has 80 heavy (non-hydrogen) atoms. The quantitative estimate of drug-likeness (QED) is 0.0410. The van der Waals surface area contributed by atoms with E-state index in [1.807, 2.05) is 52.2 Å². The summed E-state index contributed by atoms with van der Waals surface area (Å²) in [6.07, 6.45) is 2.85. The van der Waals surface area contributed by atoms with Crippen LogP contribution in [-0.2, 0) is 42.6 Å². The van der Waals surface area contributed by atoms with Crippen molar-refractivity contribution in [1.82, 2.24) is 40.9 Å². The highest BCUT2D eigenvalue weighted by Crippen LogP contribution is 2.47. The topological polar surface area (TPSA) is 234 Å². The number of hydrogen-bond acceptors (Lipinski definition) is 12. The molecule has 0 aliphatic carbocycles. The molecule has 4 atom stereocenters. The predicted octanol–water partition coefficient (Wildman–Crippen LogP) is 7.06. The lowest BCUT2D eigenvalue weighted by atomic mass is 9.78. The van der Waals surface area contributed by atoms with Gasteiger partial charge in [-0.15, -0.1) is 0 Å². The minimum Gasteiger partial charge on any atom is -0.378 e. The maximum absolute atomic E-state index is 13.1. The molecular formula is C56H76Cl4N10O8S2. The summed E-state index contributed by atoms with van der Waals surface area (Å²) in [4.78, 5) is 34.1. The van der Waals surface area contributed by atoms with Crippen molar-refractivity contribution in [3.63, 3.8) is 0 Å². The van der Waals surface area contributed by atoms with Crippen molar-refractivity contribution >= 4 is 78.5 Å². The molecule has 4 amide bonds. The molecule has 2 saturated heterocycles. The number of unbranched alkanes of at least 4 members (excludes halogenated alkanes) is 1. The van der Waals surface area contributed by atoms with E-state index in [9.17, 15) is 26.4 Å². The fourth-order valence-electron chi connectivity index (χ4n) is 12.3. The lowest BCUT2D eigenvalue weighted by molar-refractivity contribution is 0.113. The highest BCUT2D eigenvalue weighted by molar-refractivity contribution is 7.89. The molecule has 438 valence electrons. The Balaban J connectivity index is 0.680. The van der Waals surface area contributed by atoms with E-state index in [1.165, 1.54) is 0 Å². The van der Waals surface area contributed by atoms with Crippen molar-refractivity contribution < 1.29 is 35.9 Å². The van der Waals surface area contributed by atoms with Gasteiger partial charge in [-0.2, -0.15) is 0 Å². The highest BCUT2D eigenvalue weighted by Gasteiger charge is 2.38. The first kappa shape index (κ1) is 62.2. The van der Waals surface area contributed by atoms with Gasteiger partial charge in [-0.25, -0.2) is 36.7 Å². The number of hydrogen-bond donors (Lipinski definition) is 6. The summed E-state index contributed by atoms with van der Waals surface area (Å²) in [7, 11) is -4.00. The summed E-state index contributed by atoms with van der Waals surface area (Å²) in [5, 5.41) is 25.3. The third-order valence-corrected chi connectivity index (χ3v) is 19.0. The third kappa shape index (κ3) is 15.7. The van der Waals surface area contributed by atoms with Crippen LogP contribution < -0.4 is 31.5 Å². The Morgan fingerprint density at radius 1 is 0.562 bits per heavy atom. The van der Waals surface area contributed by atoms with Gasteiger partial charge in [-0.1, -0.05) is 58.5 Å². The number of likely N-dealkylation sites (tertiary alicyclic amines) is 2. The first-order chi connectivity index (χ1) is 38.1. The number of benzene rings is 4. The number of fused-ring (bicyclic) bond motifs is 2. The fourth-order valence-corrected chi connectivity index (χ4v) is 15.1. The van der Waals surface area contributed by atoms with E-state index in [2.05, 4.69) is 40.9 Å². The normalized spacial score (nSPS) is 20.2. The standard InChI is InChI=1S/C56H76Cl4N10O8S2/c1-35-7-9-49(79(61,73)74)53(51(35)45-33-67(3)31-43-41(45)25-39(57)27-47(43)59)37-11-17-69(29-37)19-23-77-21-15-65-55(71)63-13-5-6-14-64-56(72)66-16-22-78-24-20-70-18-12-38(30-70)54-50(80(62,75)76)10-8-36(2)52(54)46-34-68(4)32-44-42(46)26-40(58)28-48(44)60/h7-10,25-28,37-38,45-46H,5-6,11-24,29-34H2,1-4H3,(H2,61,73,74)(H2,62,75,76)(H2,63,65,71)(H2,64,66,72)/t37-,38-,45?,46?/m0/s1. The van der Waals surface area contributed by atoms with Crippen molar-refractivity contribution in [1.29, 1.82) is 0 Å². The van der Waals surface area contributed by atoms with Gasteiger partial charge in [0, 0.05) is 110 Å². The number of nitrogens with one attached hydrogen (secondary N) is 4. The second kappa shape index (κ2) is 27.7. The van der Waals surface area contributed by atoms with Crippen LogP contribution in [0.2, 0.25) is 20.1 Å². The SMILES string of the molecule is Cc1ccc(S(N)(=O)=O)c([C@H]2CCN(CCOCCNC(=O)NCCCCNC(=O)NCCOCCN3CC[C@H](c4c(S(N)(=O)=O)ccc(C)c4C4CN(C)Cc5c(Cl)cc(Cl)cc54)C3)C2)c1C1CN(C)Cc2c(Cl)cc(Cl)cc21. The van der Waals surface area contributed by atoms with Crippen LogP contribution in [0.5, 0.6) is 0 Å². The molecule has 2 fully saturated rings. The molecule has 24 heteroatoms. The Morgan fingerprint density at radius 3 is 1.34 bits per heavy atom. The molecule has 4 aromatic carbocycles. The number of aryl methyl sites for hydroxylation is 2. The number of halogens is 4. The second-order valence-corrected chi connectivity index (χ2v) is 26.5. The molecule has 4 heterocycles. The van der Waals surface area contributed by atoms with Crippen LogP contribution in [0.1, 0.15) is 105 Å². The van der Waals surface area contributed by atoms with E-state index in [1.54, 1.807) is 24.3 Å². The van der Waals surface area contributed by atoms with Crippen LogP contribution >= 0.6 is 46.4 Å². The van der Waals surface area contributed by atoms with Gasteiger partial charge in [0.2, 0.25) is 20.0 Å². The van der Waals surface area contributed by atoms with Crippen LogP contribution in [0.15, 0.2) is 58.3 Å². The number of carbonyl (C=O) groups is 2. The second-order valence-electron chi connectivity index (χ2n) is 21.8. The highest BCUT2D eigenvalue weighted by atomic mass is 35.5. The summed E-state index contributed by atoms with van der Waals surface area (Å²) < 4.78 is 64.2. The summed E-state index contributed by atoms with van der Waals surface area (Å²) >= 11 is 26.5. The Morgan fingerprint density at radius 2 is 0.950 bits per heavy atom. The number of primary sulfonamides is 2. The number of nitrogens with two attached hydrogens (primary N) is 2. The van der Waals surface area contributed by atoms with Crippen LogP contribution in [-0.4, -0.2) is 168 Å². The molecule has 0 aromatic heterocycles. The maximum Gasteiger partial charge on any atom is 0.314 e. The average molecular weight is 1220 g/mol. The van der Waals surface area contributed by atoms with Crippen LogP contribution in [0.4, 0.5) is 9.59 Å². The van der Waals surface area contributed by atoms with Gasteiger partial charge in [0.1, 0.15) is 0 Å². The van der Waals surface area contributed by atoms with Crippen molar-refractivity contribution in [3.8, 4) is 0 Å². The van der Waals surface area contributed by atoms with Crippen molar-refractivity contribution in [2.75, 3.05) is 119 Å². The predicted molar refractivity (Wildman–Crippen MR) is 316 cm³/mol. The molecule has 0 saturated carbocycles. The van der Waals surface area contributed by atoms with Crippen molar-refractivity contribution in [2.24, 2.45) is 10.3 Å². The van der Waals surface area contributed by atoms with E-state index in [0.717, 1.165) is 81.6 Å². The Bertz CT molecular complexity index is 2920. The average Bonchev–Trinajstić information content (AvgIpc) is 4.07. The van der Waals surface area contributed by atoms with Crippen LogP contribution in [0.3, 0.4) is 0 Å². The monoisotopic (exact) mass is 1220 g/mol. The van der Waals surface area contributed by atoms with Gasteiger partial charge in [0.25, 0.3) is 0 Å². The number of sulfonamides is 2. The summed E-state index contributed by atoms with van der Waals surface area (Å²) in [6.45, 7) is 13.9. The van der Waals surface area contributed by atoms with E-state index in [0.29, 0.717) is 138 Å². The Labute approximate surface area is 491 Å². The minimum atomic E-state index is -4.03. The molecule has 4 aromatic rings. The number of nitrogens with zero attached hydrogens (tertiary/aromatic N) is 4. The zero-order valence-electron chi connectivity index (χ0n) is 46.0. The third-order valence-electron chi connectivity index (χ3n) is 15.9. The lowest BCUT2D eigenvalue weighted by Crippen LogP contribution is -2.39. The first-order valence-corrected chi connectivity index (χ1v) is 32.0. The number of likely N-dealkylation sites (N-methyl/N-ethyl adjacent to an activating group) is 2. The molecule has 0 radical (unpaired) electrons. The van der Waals surface area contributed by atoms with Gasteiger partial charge in [0.15, 0.2) is 0 Å². The molecule has 0 spiro atoms. The Kier molecular flexibility index (Phi) is 21.5. The van der Waals surface area contributed by atoms with Gasteiger partial charge in [-0.3, -0.25) is 0 Å². The molecule has 18 nitrogen and oxygen atoms in total. The largest absolute Gasteiger partial charge is 0.378 e. The zero-order chi connectivity index (χ0) is 57.5. The van der Waals surface area contributed by atoms with Gasteiger partial charge in [0.05, 0.1) is 36.2 Å². The molecule has 4 aliphatic heterocycles. The van der Waals surface area contributed by atoms with Crippen LogP contribution in [0.25, 0.3) is 0 Å². The Hall–Kier alpha value is -3.84. The molecule has 2 unspecified atom stereocenters. The van der Waals surface area contributed by atoms with Gasteiger partial charge in [-0.05, 0) is 171 Å². The number of amides is 4. The molecule has 4 aliphatic rings. The molecule has 8 N–H and O–H groups in total. The van der Waals surface area contributed by atoms with E-state index >= 15 is 0 Å². The first-order valence-electron chi connectivity index (χ1n) is 27.4. The van der Waals surface area contributed by atoms with E-state index < -0.39 is 20.0 Å². The molecule has 8 rings (SSSR count). The number of ether oxygens (including phenoxy) is 2. The van der Waals surface area contributed by atoms with E-state index in [-0.39, 0.29) is 45.5 Å². The minimum absolute atomic E-state index is 0.0688. The molecular weight excluding hydrogens is 1150 g/mol. The van der Waals surface area contributed by atoms with E-state index in [4.69, 9.17) is 66.2 Å². The fraction of sp³-hybridized carbons (Fsp3) is 0.536. The van der Waals surface area contributed by atoms with Gasteiger partial charge >= 0.3 is 12.1 Å². The zero-order valence-corrected chi connectivity index (χ0v) is 50.7. The van der Waals surface area contributed by atoms with Crippen molar-refractivity contribution in [3.05, 3.63) is 124 Å². The summed E-state index contributed by atoms with van der Waals surface area (Å²) in [6, 6.07) is 13.8. The number of urea groups is 2. The smallest absolute Gasteiger partial charge is 0.314 e. The van der Waals surface area contributed by atoms with Crippen LogP contribution in [0, 0.1) is 13.8 Å². The molecule has 0 bridgehead atoms. The lowest BCUT2D eigenvalue weighted by Gasteiger charge is -2.36. The summed E-state index contributed by atoms with van der Waals surface area (Å²) in [5.74, 6) is -0.436. The summed E-state index contributed by atoms with van der Waals surface area (Å²) in [5.41, 5.74) is 9.44. The maximum atomic E-state index is 13.1.